The second-order valence-electron chi connectivity index (χ2n) is 4.36. The monoisotopic (exact) mass is 349 g/mol. The zero-order valence-electron chi connectivity index (χ0n) is 10.7. The molecule has 0 radical (unpaired) electrons. The summed E-state index contributed by atoms with van der Waals surface area (Å²) in [7, 11) is 1.89. The molecule has 1 rings (SSSR count). The highest BCUT2D eigenvalue weighted by Crippen LogP contribution is 2.11. The minimum Gasteiger partial charge on any atom is -0.350 e. The third kappa shape index (κ3) is 4.65. The van der Waals surface area contributed by atoms with E-state index >= 15 is 0 Å². The predicted molar refractivity (Wildman–Crippen MR) is 76.5 cm³/mol. The number of rotatable bonds is 6. The van der Waals surface area contributed by atoms with E-state index in [1.807, 2.05) is 20.2 Å². The highest BCUT2D eigenvalue weighted by atomic mass is 127. The Morgan fingerprint density at radius 3 is 2.88 bits per heavy atom. The highest BCUT2D eigenvalue weighted by molar-refractivity contribution is 14.1. The maximum atomic E-state index is 11.8. The molecular formula is C12H20IN3O. The SMILES string of the molecule is CCCCC(C)C(=O)NCc1nn(C)cc1I. The van der Waals surface area contributed by atoms with Crippen molar-refractivity contribution in [2.45, 2.75) is 39.7 Å². The number of nitrogens with one attached hydrogen (secondary N) is 1. The van der Waals surface area contributed by atoms with E-state index in [2.05, 4.69) is 39.9 Å². The van der Waals surface area contributed by atoms with Gasteiger partial charge < -0.3 is 5.32 Å². The minimum absolute atomic E-state index is 0.0938. The molecule has 1 atom stereocenters. The molecule has 1 unspecified atom stereocenters. The summed E-state index contributed by atoms with van der Waals surface area (Å²) in [5, 5.41) is 7.24. The average molecular weight is 349 g/mol. The van der Waals surface area contributed by atoms with Gasteiger partial charge >= 0.3 is 0 Å². The molecule has 1 heterocycles. The van der Waals surface area contributed by atoms with Crippen molar-refractivity contribution in [3.63, 3.8) is 0 Å². The molecule has 0 saturated carbocycles. The summed E-state index contributed by atoms with van der Waals surface area (Å²) in [6.07, 6.45) is 5.15. The van der Waals surface area contributed by atoms with Crippen molar-refractivity contribution >= 4 is 28.5 Å². The van der Waals surface area contributed by atoms with Crippen molar-refractivity contribution in [2.24, 2.45) is 13.0 Å². The maximum Gasteiger partial charge on any atom is 0.223 e. The molecule has 1 aromatic rings. The van der Waals surface area contributed by atoms with Crippen LogP contribution in [0.5, 0.6) is 0 Å². The number of aromatic nitrogens is 2. The van der Waals surface area contributed by atoms with Crippen LogP contribution in [0, 0.1) is 9.49 Å². The first kappa shape index (κ1) is 14.5. The second-order valence-corrected chi connectivity index (χ2v) is 5.52. The Balaban J connectivity index is 2.40. The number of nitrogens with zero attached hydrogens (tertiary/aromatic N) is 2. The van der Waals surface area contributed by atoms with Gasteiger partial charge in [0, 0.05) is 19.2 Å². The summed E-state index contributed by atoms with van der Waals surface area (Å²) in [4.78, 5) is 11.8. The zero-order chi connectivity index (χ0) is 12.8. The quantitative estimate of drug-likeness (QED) is 0.802. The number of aryl methyl sites for hydroxylation is 1. The van der Waals surface area contributed by atoms with Gasteiger partial charge in [-0.15, -0.1) is 0 Å². The van der Waals surface area contributed by atoms with Crippen molar-refractivity contribution in [3.05, 3.63) is 15.5 Å². The van der Waals surface area contributed by atoms with Gasteiger partial charge in [0.2, 0.25) is 5.91 Å². The molecule has 17 heavy (non-hydrogen) atoms. The number of carbonyl (C=O) groups is 1. The largest absolute Gasteiger partial charge is 0.350 e. The van der Waals surface area contributed by atoms with Crippen LogP contribution in [0.2, 0.25) is 0 Å². The van der Waals surface area contributed by atoms with Crippen LogP contribution in [-0.4, -0.2) is 15.7 Å². The summed E-state index contributed by atoms with van der Waals surface area (Å²) in [5.41, 5.74) is 0.934. The fraction of sp³-hybridized carbons (Fsp3) is 0.667. The van der Waals surface area contributed by atoms with Crippen LogP contribution in [0.4, 0.5) is 0 Å². The Kier molecular flexibility index (Phi) is 5.94. The predicted octanol–water partition coefficient (Wildman–Crippen LogP) is 2.47. The summed E-state index contributed by atoms with van der Waals surface area (Å²) >= 11 is 2.23. The van der Waals surface area contributed by atoms with Crippen LogP contribution in [0.3, 0.4) is 0 Å². The van der Waals surface area contributed by atoms with E-state index in [0.29, 0.717) is 6.54 Å². The number of hydrogen-bond donors (Lipinski definition) is 1. The molecule has 0 fully saturated rings. The Hall–Kier alpha value is -0.590. The lowest BCUT2D eigenvalue weighted by atomic mass is 10.0. The van der Waals surface area contributed by atoms with E-state index < -0.39 is 0 Å². The van der Waals surface area contributed by atoms with Crippen LogP contribution in [-0.2, 0) is 18.4 Å². The molecule has 0 aliphatic carbocycles. The Morgan fingerprint density at radius 2 is 2.35 bits per heavy atom. The standard InChI is InChI=1S/C12H20IN3O/c1-4-5-6-9(2)12(17)14-7-11-10(13)8-16(3)15-11/h8-9H,4-7H2,1-3H3,(H,14,17). The fourth-order valence-corrected chi connectivity index (χ4v) is 2.31. The van der Waals surface area contributed by atoms with Crippen molar-refractivity contribution in [2.75, 3.05) is 0 Å². The molecule has 0 bridgehead atoms. The number of halogens is 1. The zero-order valence-corrected chi connectivity index (χ0v) is 12.8. The molecule has 0 saturated heterocycles. The number of carbonyl (C=O) groups excluding carboxylic acids is 1. The smallest absolute Gasteiger partial charge is 0.223 e. The van der Waals surface area contributed by atoms with Gasteiger partial charge in [0.15, 0.2) is 0 Å². The van der Waals surface area contributed by atoms with E-state index in [4.69, 9.17) is 0 Å². The molecule has 0 aromatic carbocycles. The normalized spacial score (nSPS) is 12.5. The highest BCUT2D eigenvalue weighted by Gasteiger charge is 2.13. The number of hydrogen-bond acceptors (Lipinski definition) is 2. The molecule has 4 nitrogen and oxygen atoms in total. The summed E-state index contributed by atoms with van der Waals surface area (Å²) in [6.45, 7) is 4.64. The molecule has 0 aliphatic heterocycles. The Bertz CT molecular complexity index is 376. The average Bonchev–Trinajstić information content (AvgIpc) is 2.61. The first-order valence-electron chi connectivity index (χ1n) is 6.00. The van der Waals surface area contributed by atoms with Crippen molar-refractivity contribution in [1.82, 2.24) is 15.1 Å². The van der Waals surface area contributed by atoms with Crippen LogP contribution in [0.25, 0.3) is 0 Å². The molecular weight excluding hydrogens is 329 g/mol. The molecule has 1 aromatic heterocycles. The van der Waals surface area contributed by atoms with Crippen LogP contribution >= 0.6 is 22.6 Å². The minimum atomic E-state index is 0.0938. The van der Waals surface area contributed by atoms with E-state index in [9.17, 15) is 4.79 Å². The van der Waals surface area contributed by atoms with Gasteiger partial charge in [-0.25, -0.2) is 0 Å². The van der Waals surface area contributed by atoms with E-state index in [0.717, 1.165) is 28.5 Å². The molecule has 1 amide bonds. The lowest BCUT2D eigenvalue weighted by Crippen LogP contribution is -2.29. The van der Waals surface area contributed by atoms with Crippen LogP contribution in [0.15, 0.2) is 6.20 Å². The summed E-state index contributed by atoms with van der Waals surface area (Å²) in [6, 6.07) is 0. The van der Waals surface area contributed by atoms with E-state index in [1.54, 1.807) is 4.68 Å². The lowest BCUT2D eigenvalue weighted by Gasteiger charge is -2.10. The van der Waals surface area contributed by atoms with E-state index in [-0.39, 0.29) is 11.8 Å². The first-order valence-corrected chi connectivity index (χ1v) is 7.08. The van der Waals surface area contributed by atoms with Gasteiger partial charge in [-0.3, -0.25) is 9.48 Å². The van der Waals surface area contributed by atoms with Gasteiger partial charge in [-0.05, 0) is 29.0 Å². The third-order valence-corrected chi connectivity index (χ3v) is 3.62. The van der Waals surface area contributed by atoms with Gasteiger partial charge in [0.05, 0.1) is 15.8 Å². The maximum absolute atomic E-state index is 11.8. The topological polar surface area (TPSA) is 46.9 Å². The lowest BCUT2D eigenvalue weighted by molar-refractivity contribution is -0.124. The van der Waals surface area contributed by atoms with Crippen LogP contribution in [0.1, 0.15) is 38.8 Å². The van der Waals surface area contributed by atoms with E-state index in [1.165, 1.54) is 0 Å². The Labute approximate surface area is 116 Å². The molecule has 0 aliphatic rings. The Morgan fingerprint density at radius 1 is 1.65 bits per heavy atom. The van der Waals surface area contributed by atoms with Gasteiger partial charge in [0.1, 0.15) is 0 Å². The van der Waals surface area contributed by atoms with Crippen molar-refractivity contribution < 1.29 is 4.79 Å². The fourth-order valence-electron chi connectivity index (χ4n) is 1.61. The van der Waals surface area contributed by atoms with Gasteiger partial charge in [-0.1, -0.05) is 26.7 Å². The van der Waals surface area contributed by atoms with Gasteiger partial charge in [0.25, 0.3) is 0 Å². The van der Waals surface area contributed by atoms with Crippen molar-refractivity contribution in [3.8, 4) is 0 Å². The summed E-state index contributed by atoms with van der Waals surface area (Å²) in [5.74, 6) is 0.219. The molecule has 5 heteroatoms. The van der Waals surface area contributed by atoms with Crippen molar-refractivity contribution in [1.29, 1.82) is 0 Å². The molecule has 1 N–H and O–H groups in total. The summed E-state index contributed by atoms with van der Waals surface area (Å²) < 4.78 is 2.86. The first-order chi connectivity index (χ1) is 8.04. The van der Waals surface area contributed by atoms with Gasteiger partial charge in [-0.2, -0.15) is 5.10 Å². The molecule has 0 spiro atoms. The number of amides is 1. The second kappa shape index (κ2) is 6.98. The number of unbranched alkanes of at least 4 members (excludes halogenated alkanes) is 1. The third-order valence-electron chi connectivity index (χ3n) is 2.72. The molecule has 96 valence electrons. The van der Waals surface area contributed by atoms with Crippen LogP contribution < -0.4 is 5.32 Å².